The lowest BCUT2D eigenvalue weighted by atomic mass is 9.88. The van der Waals surface area contributed by atoms with E-state index in [-0.39, 0.29) is 11.2 Å². The minimum atomic E-state index is -0.299. The molecule has 0 unspecified atom stereocenters. The van der Waals surface area contributed by atoms with Crippen molar-refractivity contribution in [2.75, 3.05) is 17.6 Å². The van der Waals surface area contributed by atoms with Crippen LogP contribution in [0.4, 0.5) is 15.8 Å². The highest BCUT2D eigenvalue weighted by atomic mass is 19.1. The minimum absolute atomic E-state index is 0.167. The summed E-state index contributed by atoms with van der Waals surface area (Å²) < 4.78 is 13.2. The molecule has 19 heavy (non-hydrogen) atoms. The van der Waals surface area contributed by atoms with Crippen LogP contribution in [0.1, 0.15) is 19.5 Å². The summed E-state index contributed by atoms with van der Waals surface area (Å²) in [5, 5.41) is 3.19. The van der Waals surface area contributed by atoms with E-state index in [4.69, 9.17) is 5.73 Å². The summed E-state index contributed by atoms with van der Waals surface area (Å²) >= 11 is 0. The molecule has 0 saturated heterocycles. The summed E-state index contributed by atoms with van der Waals surface area (Å²) in [6.45, 7) is 4.79. The second-order valence-corrected chi connectivity index (χ2v) is 5.18. The molecule has 3 N–H and O–H groups in total. The van der Waals surface area contributed by atoms with E-state index in [2.05, 4.69) is 24.1 Å². The van der Waals surface area contributed by atoms with Crippen LogP contribution in [0.3, 0.4) is 0 Å². The van der Waals surface area contributed by atoms with Crippen molar-refractivity contribution in [3.63, 3.8) is 0 Å². The van der Waals surface area contributed by atoms with Crippen molar-refractivity contribution in [3.8, 4) is 0 Å². The number of hydrogen-bond acceptors (Lipinski definition) is 3. The van der Waals surface area contributed by atoms with Gasteiger partial charge in [-0.05, 0) is 30.3 Å². The fourth-order valence-electron chi connectivity index (χ4n) is 1.85. The lowest BCUT2D eigenvalue weighted by molar-refractivity contribution is 0.538. The quantitative estimate of drug-likeness (QED) is 0.829. The van der Waals surface area contributed by atoms with Gasteiger partial charge in [0.2, 0.25) is 0 Å². The zero-order valence-corrected chi connectivity index (χ0v) is 11.2. The predicted molar refractivity (Wildman–Crippen MR) is 76.6 cm³/mol. The van der Waals surface area contributed by atoms with Crippen molar-refractivity contribution < 1.29 is 4.39 Å². The fraction of sp³-hybridized carbons (Fsp3) is 0.267. The first-order chi connectivity index (χ1) is 8.99. The van der Waals surface area contributed by atoms with Gasteiger partial charge in [0.05, 0.1) is 11.4 Å². The highest BCUT2D eigenvalue weighted by Crippen LogP contribution is 2.24. The van der Waals surface area contributed by atoms with E-state index < -0.39 is 0 Å². The molecule has 4 heteroatoms. The maximum Gasteiger partial charge on any atom is 0.125 e. The van der Waals surface area contributed by atoms with Gasteiger partial charge in [-0.25, -0.2) is 4.39 Å². The van der Waals surface area contributed by atoms with Gasteiger partial charge in [0.15, 0.2) is 0 Å². The second kappa shape index (κ2) is 5.26. The van der Waals surface area contributed by atoms with E-state index >= 15 is 0 Å². The largest absolute Gasteiger partial charge is 0.397 e. The molecule has 1 heterocycles. The maximum absolute atomic E-state index is 13.2. The predicted octanol–water partition coefficient (Wildman–Crippen LogP) is 3.19. The van der Waals surface area contributed by atoms with Crippen LogP contribution in [0.2, 0.25) is 0 Å². The zero-order valence-electron chi connectivity index (χ0n) is 11.2. The van der Waals surface area contributed by atoms with Crippen molar-refractivity contribution >= 4 is 11.4 Å². The number of benzene rings is 1. The molecule has 0 bridgehead atoms. The molecule has 0 atom stereocenters. The molecule has 3 nitrogen and oxygen atoms in total. The maximum atomic E-state index is 13.2. The molecule has 2 rings (SSSR count). The Bertz CT molecular complexity index is 553. The van der Waals surface area contributed by atoms with Gasteiger partial charge in [-0.3, -0.25) is 4.98 Å². The lowest BCUT2D eigenvalue weighted by Crippen LogP contribution is -2.28. The second-order valence-electron chi connectivity index (χ2n) is 5.18. The third kappa shape index (κ3) is 3.22. The van der Waals surface area contributed by atoms with Crippen LogP contribution in [0, 0.1) is 5.82 Å². The first kappa shape index (κ1) is 13.3. The minimum Gasteiger partial charge on any atom is -0.397 e. The van der Waals surface area contributed by atoms with Crippen molar-refractivity contribution in [1.29, 1.82) is 0 Å². The molecule has 1 aromatic heterocycles. The average Bonchev–Trinajstić information content (AvgIpc) is 2.41. The number of nitrogens with two attached hydrogens (primary N) is 1. The average molecular weight is 259 g/mol. The number of pyridine rings is 1. The number of halogens is 1. The van der Waals surface area contributed by atoms with E-state index in [9.17, 15) is 4.39 Å². The Morgan fingerprint density at radius 3 is 2.74 bits per heavy atom. The summed E-state index contributed by atoms with van der Waals surface area (Å²) in [5.74, 6) is -0.299. The Balaban J connectivity index is 2.12. The highest BCUT2D eigenvalue weighted by Gasteiger charge is 2.21. The van der Waals surface area contributed by atoms with Gasteiger partial charge in [0.1, 0.15) is 5.82 Å². The molecule has 0 aliphatic heterocycles. The van der Waals surface area contributed by atoms with Crippen LogP contribution in [0.5, 0.6) is 0 Å². The van der Waals surface area contributed by atoms with Crippen molar-refractivity contribution in [3.05, 3.63) is 54.1 Å². The summed E-state index contributed by atoms with van der Waals surface area (Å²) in [6, 6.07) is 10.1. The van der Waals surface area contributed by atoms with E-state index in [1.165, 1.54) is 12.1 Å². The van der Waals surface area contributed by atoms with Gasteiger partial charge >= 0.3 is 0 Å². The van der Waals surface area contributed by atoms with Gasteiger partial charge in [0, 0.05) is 23.9 Å². The van der Waals surface area contributed by atoms with Crippen molar-refractivity contribution in [1.82, 2.24) is 4.98 Å². The van der Waals surface area contributed by atoms with Gasteiger partial charge in [-0.1, -0.05) is 19.9 Å². The van der Waals surface area contributed by atoms with Gasteiger partial charge in [-0.15, -0.1) is 0 Å². The van der Waals surface area contributed by atoms with Crippen LogP contribution in [-0.4, -0.2) is 11.5 Å². The molecule has 1 aromatic carbocycles. The number of rotatable bonds is 4. The van der Waals surface area contributed by atoms with E-state index in [0.717, 1.165) is 5.69 Å². The van der Waals surface area contributed by atoms with Crippen LogP contribution >= 0.6 is 0 Å². The van der Waals surface area contributed by atoms with Crippen LogP contribution in [-0.2, 0) is 5.41 Å². The molecule has 0 radical (unpaired) electrons. The van der Waals surface area contributed by atoms with Crippen LogP contribution < -0.4 is 11.1 Å². The standard InChI is InChI=1S/C15H18FN3/c1-15(2,14-5-3-4-8-18-14)10-19-13-9-11(16)6-7-12(13)17/h3-9,19H,10,17H2,1-2H3. The first-order valence-corrected chi connectivity index (χ1v) is 6.19. The van der Waals surface area contributed by atoms with Crippen LogP contribution in [0.15, 0.2) is 42.6 Å². The SMILES string of the molecule is CC(C)(CNc1cc(F)ccc1N)c1ccccn1. The molecular weight excluding hydrogens is 241 g/mol. The summed E-state index contributed by atoms with van der Waals surface area (Å²) in [7, 11) is 0. The smallest absolute Gasteiger partial charge is 0.125 e. The molecule has 0 saturated carbocycles. The number of aromatic nitrogens is 1. The van der Waals surface area contributed by atoms with Crippen molar-refractivity contribution in [2.24, 2.45) is 0 Å². The van der Waals surface area contributed by atoms with Gasteiger partial charge in [0.25, 0.3) is 0 Å². The number of nitrogens with one attached hydrogen (secondary N) is 1. The van der Waals surface area contributed by atoms with E-state index in [1.54, 1.807) is 12.3 Å². The molecule has 0 aliphatic rings. The van der Waals surface area contributed by atoms with E-state index in [1.807, 2.05) is 18.2 Å². The Morgan fingerprint density at radius 1 is 1.26 bits per heavy atom. The van der Waals surface area contributed by atoms with Gasteiger partial charge in [-0.2, -0.15) is 0 Å². The third-order valence-electron chi connectivity index (χ3n) is 3.09. The molecule has 0 spiro atoms. The molecule has 2 aromatic rings. The lowest BCUT2D eigenvalue weighted by Gasteiger charge is -2.25. The monoisotopic (exact) mass is 259 g/mol. The van der Waals surface area contributed by atoms with Crippen molar-refractivity contribution in [2.45, 2.75) is 19.3 Å². The topological polar surface area (TPSA) is 50.9 Å². The summed E-state index contributed by atoms with van der Waals surface area (Å²) in [5.41, 5.74) is 7.78. The molecule has 0 amide bonds. The van der Waals surface area contributed by atoms with E-state index in [0.29, 0.717) is 17.9 Å². The molecular formula is C15H18FN3. The first-order valence-electron chi connectivity index (χ1n) is 6.19. The molecule has 0 fully saturated rings. The number of anilines is 2. The normalized spacial score (nSPS) is 11.3. The number of nitrogen functional groups attached to an aromatic ring is 1. The Morgan fingerprint density at radius 2 is 2.05 bits per heavy atom. The van der Waals surface area contributed by atoms with Crippen LogP contribution in [0.25, 0.3) is 0 Å². The number of hydrogen-bond donors (Lipinski definition) is 2. The fourth-order valence-corrected chi connectivity index (χ4v) is 1.85. The Kier molecular flexibility index (Phi) is 3.69. The summed E-state index contributed by atoms with van der Waals surface area (Å²) in [4.78, 5) is 4.36. The number of nitrogens with zero attached hydrogens (tertiary/aromatic N) is 1. The Labute approximate surface area is 112 Å². The van der Waals surface area contributed by atoms with Gasteiger partial charge < -0.3 is 11.1 Å². The summed E-state index contributed by atoms with van der Waals surface area (Å²) in [6.07, 6.45) is 1.77. The zero-order chi connectivity index (χ0) is 13.9. The molecule has 0 aliphatic carbocycles. The highest BCUT2D eigenvalue weighted by molar-refractivity contribution is 5.66. The third-order valence-corrected chi connectivity index (χ3v) is 3.09. The Hall–Kier alpha value is -2.10. The molecule has 100 valence electrons.